The number of cyclic esters (lactones) is 1. The number of ketones is 1. The highest BCUT2D eigenvalue weighted by molar-refractivity contribution is 6.06. The average Bonchev–Trinajstić information content (AvgIpc) is 2.67. The van der Waals surface area contributed by atoms with Gasteiger partial charge in [-0.05, 0) is 11.8 Å². The molecular formula is C25H31NO3. The third-order valence-electron chi connectivity index (χ3n) is 5.27. The van der Waals surface area contributed by atoms with Gasteiger partial charge in [-0.3, -0.25) is 9.69 Å². The van der Waals surface area contributed by atoms with E-state index in [-0.39, 0.29) is 12.2 Å². The maximum atomic E-state index is 13.4. The molecule has 3 rings (SSSR count). The highest BCUT2D eigenvalue weighted by Gasteiger charge is 2.51. The zero-order valence-corrected chi connectivity index (χ0v) is 17.8. The van der Waals surface area contributed by atoms with Crippen LogP contribution >= 0.6 is 0 Å². The average molecular weight is 394 g/mol. The van der Waals surface area contributed by atoms with Gasteiger partial charge in [0.1, 0.15) is 0 Å². The van der Waals surface area contributed by atoms with E-state index in [1.54, 1.807) is 0 Å². The van der Waals surface area contributed by atoms with E-state index >= 15 is 0 Å². The standard InChI is InChI=1S/C25H31NO3/c1-18(2)16-26(17-19(3)4)23-22(27)15-25(29-24(23)28,20-11-7-5-8-12-20)21-13-9-6-10-14-21/h5-14,18-19,23H,15-17H2,1-4H3. The van der Waals surface area contributed by atoms with Crippen LogP contribution in [0.2, 0.25) is 0 Å². The molecule has 154 valence electrons. The van der Waals surface area contributed by atoms with Crippen molar-refractivity contribution in [2.75, 3.05) is 13.1 Å². The number of esters is 1. The number of rotatable bonds is 7. The Balaban J connectivity index is 2.00. The van der Waals surface area contributed by atoms with Crippen LogP contribution in [0.25, 0.3) is 0 Å². The van der Waals surface area contributed by atoms with Gasteiger partial charge in [-0.1, -0.05) is 88.4 Å². The molecule has 1 unspecified atom stereocenters. The molecule has 0 bridgehead atoms. The van der Waals surface area contributed by atoms with Gasteiger partial charge in [-0.15, -0.1) is 0 Å². The van der Waals surface area contributed by atoms with Crippen LogP contribution in [0, 0.1) is 11.8 Å². The van der Waals surface area contributed by atoms with Gasteiger partial charge < -0.3 is 4.74 Å². The second-order valence-electron chi connectivity index (χ2n) is 8.77. The third-order valence-corrected chi connectivity index (χ3v) is 5.27. The topological polar surface area (TPSA) is 46.6 Å². The highest BCUT2D eigenvalue weighted by Crippen LogP contribution is 2.41. The second kappa shape index (κ2) is 8.91. The summed E-state index contributed by atoms with van der Waals surface area (Å²) < 4.78 is 6.17. The van der Waals surface area contributed by atoms with Crippen molar-refractivity contribution in [2.24, 2.45) is 11.8 Å². The molecule has 1 aliphatic heterocycles. The predicted molar refractivity (Wildman–Crippen MR) is 114 cm³/mol. The lowest BCUT2D eigenvalue weighted by Crippen LogP contribution is -2.57. The molecule has 0 aromatic heterocycles. The lowest BCUT2D eigenvalue weighted by atomic mass is 9.78. The van der Waals surface area contributed by atoms with Gasteiger partial charge in [0.25, 0.3) is 0 Å². The van der Waals surface area contributed by atoms with Crippen LogP contribution in [0.5, 0.6) is 0 Å². The molecule has 2 aromatic carbocycles. The number of hydrogen-bond acceptors (Lipinski definition) is 4. The largest absolute Gasteiger partial charge is 0.447 e. The van der Waals surface area contributed by atoms with Gasteiger partial charge in [-0.25, -0.2) is 4.79 Å². The number of carbonyl (C=O) groups excluding carboxylic acids is 2. The molecule has 0 spiro atoms. The van der Waals surface area contributed by atoms with Gasteiger partial charge in [0, 0.05) is 24.2 Å². The maximum Gasteiger partial charge on any atom is 0.332 e. The first-order valence-electron chi connectivity index (χ1n) is 10.4. The van der Waals surface area contributed by atoms with Gasteiger partial charge in [0.15, 0.2) is 17.4 Å². The van der Waals surface area contributed by atoms with Crippen LogP contribution in [0.3, 0.4) is 0 Å². The van der Waals surface area contributed by atoms with E-state index in [9.17, 15) is 9.59 Å². The molecular weight excluding hydrogens is 362 g/mol. The van der Waals surface area contributed by atoms with Crippen LogP contribution in [0.4, 0.5) is 0 Å². The van der Waals surface area contributed by atoms with E-state index in [4.69, 9.17) is 4.74 Å². The maximum absolute atomic E-state index is 13.4. The number of carbonyl (C=O) groups is 2. The summed E-state index contributed by atoms with van der Waals surface area (Å²) in [6, 6.07) is 18.4. The van der Waals surface area contributed by atoms with Gasteiger partial charge in [0.05, 0.1) is 6.42 Å². The Labute approximate surface area is 173 Å². The van der Waals surface area contributed by atoms with E-state index in [0.29, 0.717) is 24.9 Å². The summed E-state index contributed by atoms with van der Waals surface area (Å²) in [5, 5.41) is 0. The van der Waals surface area contributed by atoms with Crippen molar-refractivity contribution >= 4 is 11.8 Å². The second-order valence-corrected chi connectivity index (χ2v) is 8.77. The minimum Gasteiger partial charge on any atom is -0.447 e. The van der Waals surface area contributed by atoms with E-state index in [1.165, 1.54) is 0 Å². The van der Waals surface area contributed by atoms with E-state index in [2.05, 4.69) is 27.7 Å². The first-order chi connectivity index (χ1) is 13.8. The number of Topliss-reactive ketones (excluding diaryl/α,β-unsaturated/α-hetero) is 1. The van der Waals surface area contributed by atoms with Crippen LogP contribution < -0.4 is 0 Å². The zero-order valence-electron chi connectivity index (χ0n) is 17.8. The SMILES string of the molecule is CC(C)CN(CC(C)C)C1C(=O)CC(c2ccccc2)(c2ccccc2)OC1=O. The fourth-order valence-corrected chi connectivity index (χ4v) is 4.22. The number of benzene rings is 2. The molecule has 0 amide bonds. The van der Waals surface area contributed by atoms with Crippen molar-refractivity contribution in [3.8, 4) is 0 Å². The zero-order chi connectivity index (χ0) is 21.0. The van der Waals surface area contributed by atoms with Gasteiger partial charge in [-0.2, -0.15) is 0 Å². The molecule has 0 saturated carbocycles. The molecule has 0 N–H and O–H groups in total. The third kappa shape index (κ3) is 4.59. The normalized spacial score (nSPS) is 19.1. The van der Waals surface area contributed by atoms with Crippen molar-refractivity contribution in [3.05, 3.63) is 71.8 Å². The van der Waals surface area contributed by atoms with Crippen molar-refractivity contribution in [1.29, 1.82) is 0 Å². The summed E-state index contributed by atoms with van der Waals surface area (Å²) >= 11 is 0. The van der Waals surface area contributed by atoms with Crippen molar-refractivity contribution in [1.82, 2.24) is 4.90 Å². The molecule has 0 radical (unpaired) electrons. The highest BCUT2D eigenvalue weighted by atomic mass is 16.6. The summed E-state index contributed by atoms with van der Waals surface area (Å²) in [4.78, 5) is 28.7. The number of nitrogens with zero attached hydrogens (tertiary/aromatic N) is 1. The monoisotopic (exact) mass is 393 g/mol. The number of ether oxygens (including phenoxy) is 1. The molecule has 1 atom stereocenters. The van der Waals surface area contributed by atoms with Crippen LogP contribution in [0.1, 0.15) is 45.2 Å². The van der Waals surface area contributed by atoms with Crippen LogP contribution in [-0.4, -0.2) is 35.8 Å². The smallest absolute Gasteiger partial charge is 0.332 e. The minimum atomic E-state index is -1.07. The van der Waals surface area contributed by atoms with E-state index in [0.717, 1.165) is 11.1 Å². The summed E-state index contributed by atoms with van der Waals surface area (Å²) in [7, 11) is 0. The Bertz CT molecular complexity index is 760. The minimum absolute atomic E-state index is 0.0738. The first kappa shape index (κ1) is 21.3. The molecule has 1 aliphatic rings. The Morgan fingerprint density at radius 1 is 0.862 bits per heavy atom. The lowest BCUT2D eigenvalue weighted by Gasteiger charge is -2.42. The summed E-state index contributed by atoms with van der Waals surface area (Å²) in [5.74, 6) is 0.180. The summed E-state index contributed by atoms with van der Waals surface area (Å²) in [6.45, 7) is 9.78. The molecule has 29 heavy (non-hydrogen) atoms. The molecule has 4 nitrogen and oxygen atoms in total. The molecule has 2 aromatic rings. The molecule has 4 heteroatoms. The van der Waals surface area contributed by atoms with Gasteiger partial charge in [0.2, 0.25) is 0 Å². The Kier molecular flexibility index (Phi) is 6.53. The quantitative estimate of drug-likeness (QED) is 0.516. The first-order valence-corrected chi connectivity index (χ1v) is 10.4. The molecule has 1 fully saturated rings. The van der Waals surface area contributed by atoms with Crippen molar-refractivity contribution in [3.63, 3.8) is 0 Å². The van der Waals surface area contributed by atoms with Crippen LogP contribution in [-0.2, 0) is 19.9 Å². The summed E-state index contributed by atoms with van der Waals surface area (Å²) in [5.41, 5.74) is 0.574. The predicted octanol–water partition coefficient (Wildman–Crippen LogP) is 4.43. The molecule has 1 saturated heterocycles. The lowest BCUT2D eigenvalue weighted by molar-refractivity contribution is -0.176. The summed E-state index contributed by atoms with van der Waals surface area (Å²) in [6.07, 6.45) is 0.143. The van der Waals surface area contributed by atoms with E-state index in [1.807, 2.05) is 65.6 Å². The van der Waals surface area contributed by atoms with Gasteiger partial charge >= 0.3 is 5.97 Å². The molecule has 1 heterocycles. The number of hydrogen-bond donors (Lipinski definition) is 0. The van der Waals surface area contributed by atoms with Crippen molar-refractivity contribution < 1.29 is 14.3 Å². The fraction of sp³-hybridized carbons (Fsp3) is 0.440. The Morgan fingerprint density at radius 3 is 1.69 bits per heavy atom. The molecule has 0 aliphatic carbocycles. The fourth-order valence-electron chi connectivity index (χ4n) is 4.22. The van der Waals surface area contributed by atoms with Crippen LogP contribution in [0.15, 0.2) is 60.7 Å². The Hall–Kier alpha value is -2.46. The Morgan fingerprint density at radius 2 is 1.31 bits per heavy atom. The van der Waals surface area contributed by atoms with Crippen molar-refractivity contribution in [2.45, 2.75) is 45.8 Å². The van der Waals surface area contributed by atoms with E-state index < -0.39 is 17.6 Å².